The van der Waals surface area contributed by atoms with Crippen molar-refractivity contribution >= 4 is 64.1 Å². The standard InChI is InChI=1S/C23H19Cl2N3O2S/c1-11-20(27-12(2)21(11)22(26)29)9-15-14-8-13(6-7-19(14)28-23(15)30)31-10-16-17(24)4-3-5-18(16)25/h3-9,27H,10H2,1-2H3,(H2,26,29)(H,28,30)/b15-9-. The zero-order chi connectivity index (χ0) is 22.3. The van der Waals surface area contributed by atoms with Crippen LogP contribution in [0.3, 0.4) is 0 Å². The van der Waals surface area contributed by atoms with E-state index < -0.39 is 5.91 Å². The fraction of sp³-hybridized carbons (Fsp3) is 0.130. The van der Waals surface area contributed by atoms with Crippen LogP contribution in [0.4, 0.5) is 5.69 Å². The molecule has 4 rings (SSSR count). The van der Waals surface area contributed by atoms with Crippen LogP contribution in [0, 0.1) is 13.8 Å². The number of aryl methyl sites for hydroxylation is 1. The molecule has 0 saturated carbocycles. The summed E-state index contributed by atoms with van der Waals surface area (Å²) in [6, 6.07) is 11.2. The van der Waals surface area contributed by atoms with E-state index in [9.17, 15) is 9.59 Å². The second-order valence-corrected chi connectivity index (χ2v) is 9.10. The first kappa shape index (κ1) is 21.6. The molecule has 1 aliphatic heterocycles. The van der Waals surface area contributed by atoms with E-state index in [2.05, 4.69) is 10.3 Å². The Balaban J connectivity index is 1.66. The number of rotatable bonds is 5. The van der Waals surface area contributed by atoms with E-state index in [1.54, 1.807) is 24.8 Å². The number of anilines is 1. The van der Waals surface area contributed by atoms with Crippen LogP contribution in [0.25, 0.3) is 11.6 Å². The zero-order valence-electron chi connectivity index (χ0n) is 16.8. The van der Waals surface area contributed by atoms with E-state index in [1.165, 1.54) is 0 Å². The molecule has 3 aromatic rings. The zero-order valence-corrected chi connectivity index (χ0v) is 19.1. The Labute approximate surface area is 194 Å². The van der Waals surface area contributed by atoms with Crippen molar-refractivity contribution in [3.8, 4) is 0 Å². The first-order chi connectivity index (χ1) is 14.8. The van der Waals surface area contributed by atoms with Crippen molar-refractivity contribution in [1.29, 1.82) is 0 Å². The summed E-state index contributed by atoms with van der Waals surface area (Å²) in [6.07, 6.45) is 1.76. The maximum atomic E-state index is 12.6. The van der Waals surface area contributed by atoms with Crippen molar-refractivity contribution in [2.24, 2.45) is 5.73 Å². The molecule has 31 heavy (non-hydrogen) atoms. The number of primary amides is 1. The highest BCUT2D eigenvalue weighted by Crippen LogP contribution is 2.38. The van der Waals surface area contributed by atoms with E-state index in [1.807, 2.05) is 43.3 Å². The number of carbonyl (C=O) groups excluding carboxylic acids is 2. The van der Waals surface area contributed by atoms with Crippen molar-refractivity contribution in [1.82, 2.24) is 4.98 Å². The first-order valence-corrected chi connectivity index (χ1v) is 11.2. The van der Waals surface area contributed by atoms with Gasteiger partial charge < -0.3 is 16.0 Å². The van der Waals surface area contributed by atoms with Crippen LogP contribution < -0.4 is 11.1 Å². The van der Waals surface area contributed by atoms with Gasteiger partial charge in [0, 0.05) is 43.3 Å². The van der Waals surface area contributed by atoms with Crippen molar-refractivity contribution in [2.75, 3.05) is 5.32 Å². The summed E-state index contributed by atoms with van der Waals surface area (Å²) in [7, 11) is 0. The highest BCUT2D eigenvalue weighted by molar-refractivity contribution is 7.98. The molecule has 1 aromatic heterocycles. The lowest BCUT2D eigenvalue weighted by atomic mass is 10.0. The molecule has 0 fully saturated rings. The fourth-order valence-corrected chi connectivity index (χ4v) is 5.34. The number of H-pyrrole nitrogens is 1. The van der Waals surface area contributed by atoms with Crippen molar-refractivity contribution in [3.05, 3.63) is 80.1 Å². The summed E-state index contributed by atoms with van der Waals surface area (Å²) in [5.74, 6) is -0.0862. The normalized spacial score (nSPS) is 14.1. The first-order valence-electron chi connectivity index (χ1n) is 9.48. The lowest BCUT2D eigenvalue weighted by Gasteiger charge is -2.08. The summed E-state index contributed by atoms with van der Waals surface area (Å²) in [5.41, 5.74) is 11.0. The SMILES string of the molecule is Cc1[nH]c(/C=C2\C(=O)Nc3ccc(SCc4c(Cl)cccc4Cl)cc32)c(C)c1C(N)=O. The Kier molecular flexibility index (Phi) is 5.88. The third kappa shape index (κ3) is 4.11. The Hall–Kier alpha value is -2.67. The van der Waals surface area contributed by atoms with Crippen LogP contribution in [0.1, 0.15) is 38.4 Å². The van der Waals surface area contributed by atoms with Crippen LogP contribution in [0.5, 0.6) is 0 Å². The molecule has 2 amide bonds. The number of nitrogens with two attached hydrogens (primary N) is 1. The molecule has 0 bridgehead atoms. The van der Waals surface area contributed by atoms with Gasteiger partial charge >= 0.3 is 0 Å². The maximum absolute atomic E-state index is 12.6. The largest absolute Gasteiger partial charge is 0.366 e. The van der Waals surface area contributed by atoms with E-state index in [-0.39, 0.29) is 5.91 Å². The quantitative estimate of drug-likeness (QED) is 0.323. The predicted octanol–water partition coefficient (Wildman–Crippen LogP) is 5.82. The van der Waals surface area contributed by atoms with Crippen molar-refractivity contribution in [3.63, 3.8) is 0 Å². The molecule has 0 radical (unpaired) electrons. The molecule has 0 atom stereocenters. The second kappa shape index (κ2) is 8.46. The van der Waals surface area contributed by atoms with Crippen LogP contribution in [-0.4, -0.2) is 16.8 Å². The number of aromatic nitrogens is 1. The van der Waals surface area contributed by atoms with Gasteiger partial charge in [0.05, 0.1) is 11.1 Å². The second-order valence-electron chi connectivity index (χ2n) is 7.24. The number of nitrogens with one attached hydrogen (secondary N) is 2. The monoisotopic (exact) mass is 471 g/mol. The molecule has 0 aliphatic carbocycles. The highest BCUT2D eigenvalue weighted by atomic mass is 35.5. The minimum absolute atomic E-state index is 0.196. The van der Waals surface area contributed by atoms with Crippen LogP contribution >= 0.6 is 35.0 Å². The number of hydrogen-bond acceptors (Lipinski definition) is 3. The molecule has 1 aliphatic rings. The Morgan fingerprint density at radius 2 is 1.87 bits per heavy atom. The summed E-state index contributed by atoms with van der Waals surface area (Å²) in [4.78, 5) is 28.5. The average Bonchev–Trinajstić information content (AvgIpc) is 3.17. The van der Waals surface area contributed by atoms with Gasteiger partial charge in [-0.05, 0) is 61.4 Å². The Morgan fingerprint density at radius 1 is 1.16 bits per heavy atom. The summed E-state index contributed by atoms with van der Waals surface area (Å²) < 4.78 is 0. The minimum atomic E-state index is -0.496. The third-order valence-electron chi connectivity index (χ3n) is 5.23. The molecule has 158 valence electrons. The van der Waals surface area contributed by atoms with Gasteiger partial charge in [0.2, 0.25) is 0 Å². The highest BCUT2D eigenvalue weighted by Gasteiger charge is 2.26. The molecular formula is C23H19Cl2N3O2S. The van der Waals surface area contributed by atoms with Gasteiger partial charge in [0.25, 0.3) is 11.8 Å². The van der Waals surface area contributed by atoms with Crippen LogP contribution in [-0.2, 0) is 10.5 Å². The van der Waals surface area contributed by atoms with Gasteiger partial charge in [0.1, 0.15) is 0 Å². The molecule has 2 heterocycles. The predicted molar refractivity (Wildman–Crippen MR) is 128 cm³/mol. The van der Waals surface area contributed by atoms with E-state index >= 15 is 0 Å². The van der Waals surface area contributed by atoms with E-state index in [0.29, 0.717) is 38.3 Å². The third-order valence-corrected chi connectivity index (χ3v) is 6.96. The summed E-state index contributed by atoms with van der Waals surface area (Å²) in [6.45, 7) is 3.59. The molecule has 0 saturated heterocycles. The number of aromatic amines is 1. The van der Waals surface area contributed by atoms with Gasteiger partial charge in [-0.1, -0.05) is 29.3 Å². The van der Waals surface area contributed by atoms with Gasteiger partial charge in [-0.2, -0.15) is 0 Å². The molecular weight excluding hydrogens is 453 g/mol. The van der Waals surface area contributed by atoms with Crippen LogP contribution in [0.15, 0.2) is 41.3 Å². The Bertz CT molecular complexity index is 1240. The summed E-state index contributed by atoms with van der Waals surface area (Å²) in [5, 5.41) is 4.14. The molecule has 0 spiro atoms. The summed E-state index contributed by atoms with van der Waals surface area (Å²) >= 11 is 14.1. The smallest absolute Gasteiger partial charge is 0.256 e. The molecule has 2 aromatic carbocycles. The Morgan fingerprint density at radius 3 is 2.52 bits per heavy atom. The lowest BCUT2D eigenvalue weighted by molar-refractivity contribution is -0.110. The number of amides is 2. The minimum Gasteiger partial charge on any atom is -0.366 e. The number of benzene rings is 2. The number of halogens is 2. The number of thioether (sulfide) groups is 1. The topological polar surface area (TPSA) is 88.0 Å². The lowest BCUT2D eigenvalue weighted by Crippen LogP contribution is -2.12. The van der Waals surface area contributed by atoms with E-state index in [0.717, 1.165) is 27.3 Å². The van der Waals surface area contributed by atoms with Crippen molar-refractivity contribution < 1.29 is 9.59 Å². The van der Waals surface area contributed by atoms with Crippen molar-refractivity contribution in [2.45, 2.75) is 24.5 Å². The number of carbonyl (C=O) groups is 2. The van der Waals surface area contributed by atoms with E-state index in [4.69, 9.17) is 28.9 Å². The molecule has 0 unspecified atom stereocenters. The molecule has 8 heteroatoms. The number of hydrogen-bond donors (Lipinski definition) is 3. The van der Waals surface area contributed by atoms with Gasteiger partial charge in [-0.15, -0.1) is 11.8 Å². The number of fused-ring (bicyclic) bond motifs is 1. The molecule has 4 N–H and O–H groups in total. The fourth-order valence-electron chi connectivity index (χ4n) is 3.66. The van der Waals surface area contributed by atoms with Crippen LogP contribution in [0.2, 0.25) is 10.0 Å². The van der Waals surface area contributed by atoms with Gasteiger partial charge in [0.15, 0.2) is 0 Å². The average molecular weight is 472 g/mol. The molecule has 5 nitrogen and oxygen atoms in total. The maximum Gasteiger partial charge on any atom is 0.256 e. The van der Waals surface area contributed by atoms with Gasteiger partial charge in [-0.25, -0.2) is 0 Å². The van der Waals surface area contributed by atoms with Gasteiger partial charge in [-0.3, -0.25) is 9.59 Å².